The third-order valence-electron chi connectivity index (χ3n) is 7.27. The van der Waals surface area contributed by atoms with Crippen molar-refractivity contribution in [3.63, 3.8) is 0 Å². The van der Waals surface area contributed by atoms with Gasteiger partial charge in [0.05, 0.1) is 24.0 Å². The van der Waals surface area contributed by atoms with E-state index in [0.29, 0.717) is 45.5 Å². The Labute approximate surface area is 217 Å². The number of piperidine rings is 1. The van der Waals surface area contributed by atoms with E-state index in [1.807, 2.05) is 9.58 Å². The number of benzene rings is 1. The van der Waals surface area contributed by atoms with Crippen molar-refractivity contribution in [2.24, 2.45) is 5.92 Å². The minimum absolute atomic E-state index is 0.0127. The molecule has 2 aliphatic rings. The molecule has 1 saturated carbocycles. The fraction of sp³-hybridized carbons (Fsp3) is 0.222. The average Bonchev–Trinajstić information content (AvgIpc) is 3.66. The lowest BCUT2D eigenvalue weighted by atomic mass is 10.1. The average molecular weight is 506 g/mol. The molecule has 38 heavy (non-hydrogen) atoms. The maximum Gasteiger partial charge on any atom is 0.256 e. The van der Waals surface area contributed by atoms with Crippen LogP contribution in [-0.4, -0.2) is 54.0 Å². The van der Waals surface area contributed by atoms with Gasteiger partial charge in [-0.05, 0) is 49.1 Å². The van der Waals surface area contributed by atoms with Crippen LogP contribution in [0, 0.1) is 12.5 Å². The highest BCUT2D eigenvalue weighted by Gasteiger charge is 2.48. The molecule has 6 rings (SSSR count). The first-order chi connectivity index (χ1) is 18.5. The van der Waals surface area contributed by atoms with Gasteiger partial charge in [-0.1, -0.05) is 18.7 Å². The molecule has 11 nitrogen and oxygen atoms in total. The molecule has 1 saturated heterocycles. The van der Waals surface area contributed by atoms with Crippen LogP contribution in [0.2, 0.25) is 0 Å². The fourth-order valence-corrected chi connectivity index (χ4v) is 5.58. The summed E-state index contributed by atoms with van der Waals surface area (Å²) >= 11 is 0. The van der Waals surface area contributed by atoms with Crippen molar-refractivity contribution in [1.29, 1.82) is 0 Å². The molecule has 2 bridgehead atoms. The molecule has 4 aromatic rings. The van der Waals surface area contributed by atoms with Crippen molar-refractivity contribution in [2.75, 3.05) is 17.6 Å². The van der Waals surface area contributed by atoms with Crippen LogP contribution < -0.4 is 11.1 Å². The zero-order chi connectivity index (χ0) is 26.4. The highest BCUT2D eigenvalue weighted by molar-refractivity contribution is 6.04. The molecule has 1 aromatic carbocycles. The van der Waals surface area contributed by atoms with Crippen molar-refractivity contribution < 1.29 is 9.59 Å². The molecule has 3 aromatic heterocycles. The number of carbonyl (C=O) groups is 2. The minimum Gasteiger partial charge on any atom is -0.383 e. The van der Waals surface area contributed by atoms with Gasteiger partial charge in [-0.25, -0.2) is 24.5 Å². The number of nitrogens with one attached hydrogen (secondary N) is 1. The number of nitrogens with two attached hydrogens (primary N) is 1. The molecular weight excluding hydrogens is 482 g/mol. The number of rotatable bonds is 5. The van der Waals surface area contributed by atoms with Crippen LogP contribution >= 0.6 is 0 Å². The molecular formula is C27H23N9O2. The molecule has 0 radical (unpaired) electrons. The van der Waals surface area contributed by atoms with Crippen LogP contribution in [0.15, 0.2) is 61.6 Å². The number of nitrogen functional groups attached to an aromatic ring is 1. The summed E-state index contributed by atoms with van der Waals surface area (Å²) in [5.41, 5.74) is 9.08. The fourth-order valence-electron chi connectivity index (χ4n) is 5.58. The Morgan fingerprint density at radius 1 is 1.13 bits per heavy atom. The van der Waals surface area contributed by atoms with E-state index in [0.717, 1.165) is 24.9 Å². The molecule has 0 spiro atoms. The van der Waals surface area contributed by atoms with Crippen LogP contribution in [0.5, 0.6) is 0 Å². The molecule has 3 unspecified atom stereocenters. The summed E-state index contributed by atoms with van der Waals surface area (Å²) in [6, 6.07) is 10.0. The molecule has 4 heterocycles. The lowest BCUT2D eigenvalue weighted by Crippen LogP contribution is -2.42. The van der Waals surface area contributed by atoms with Gasteiger partial charge in [0.15, 0.2) is 11.3 Å². The number of carbonyl (C=O) groups excluding carboxylic acids is 2. The van der Waals surface area contributed by atoms with Gasteiger partial charge in [0.1, 0.15) is 23.7 Å². The minimum atomic E-state index is -0.349. The van der Waals surface area contributed by atoms with Crippen molar-refractivity contribution in [3.8, 4) is 11.3 Å². The Bertz CT molecular complexity index is 1640. The van der Waals surface area contributed by atoms with E-state index in [1.165, 1.54) is 24.7 Å². The second-order valence-electron chi connectivity index (χ2n) is 9.46. The van der Waals surface area contributed by atoms with Gasteiger partial charge in [0.2, 0.25) is 5.91 Å². The SMILES string of the molecule is [C-]#[N+]c1ccnc(NC(=O)c2ccc(-c3nn(C4CC5CC4N(C(=O)C=C)C5)c4ncnc(N)c34)cc2)c1. The summed E-state index contributed by atoms with van der Waals surface area (Å²) < 4.78 is 1.88. The summed E-state index contributed by atoms with van der Waals surface area (Å²) in [6.45, 7) is 11.5. The Morgan fingerprint density at radius 3 is 2.66 bits per heavy atom. The molecule has 2 amide bonds. The van der Waals surface area contributed by atoms with Gasteiger partial charge in [0.25, 0.3) is 5.91 Å². The van der Waals surface area contributed by atoms with E-state index in [-0.39, 0.29) is 23.9 Å². The normalized spacial score (nSPS) is 19.9. The monoisotopic (exact) mass is 505 g/mol. The third-order valence-corrected chi connectivity index (χ3v) is 7.27. The highest BCUT2D eigenvalue weighted by atomic mass is 16.2. The number of anilines is 2. The number of hydrogen-bond acceptors (Lipinski definition) is 7. The molecule has 1 aliphatic heterocycles. The van der Waals surface area contributed by atoms with E-state index in [2.05, 4.69) is 31.7 Å². The van der Waals surface area contributed by atoms with Crippen molar-refractivity contribution in [2.45, 2.75) is 24.9 Å². The lowest BCUT2D eigenvalue weighted by molar-refractivity contribution is -0.128. The number of pyridine rings is 1. The van der Waals surface area contributed by atoms with Gasteiger partial charge in [-0.2, -0.15) is 5.10 Å². The van der Waals surface area contributed by atoms with E-state index in [9.17, 15) is 9.59 Å². The van der Waals surface area contributed by atoms with E-state index >= 15 is 0 Å². The summed E-state index contributed by atoms with van der Waals surface area (Å²) in [7, 11) is 0. The van der Waals surface area contributed by atoms with Crippen LogP contribution in [0.3, 0.4) is 0 Å². The number of hydrogen-bond donors (Lipinski definition) is 2. The lowest BCUT2D eigenvalue weighted by Gasteiger charge is -2.32. The van der Waals surface area contributed by atoms with Gasteiger partial charge in [-0.15, -0.1) is 0 Å². The first-order valence-corrected chi connectivity index (χ1v) is 12.1. The van der Waals surface area contributed by atoms with Crippen molar-refractivity contribution in [1.82, 2.24) is 29.6 Å². The van der Waals surface area contributed by atoms with E-state index in [1.54, 1.807) is 30.3 Å². The number of amides is 2. The quantitative estimate of drug-likeness (QED) is 0.312. The number of nitrogens with zero attached hydrogens (tertiary/aromatic N) is 7. The predicted molar refractivity (Wildman–Crippen MR) is 141 cm³/mol. The summed E-state index contributed by atoms with van der Waals surface area (Å²) in [5, 5.41) is 8.28. The van der Waals surface area contributed by atoms with E-state index < -0.39 is 0 Å². The van der Waals surface area contributed by atoms with Crippen molar-refractivity contribution in [3.05, 3.63) is 78.6 Å². The second kappa shape index (κ2) is 9.08. The summed E-state index contributed by atoms with van der Waals surface area (Å²) in [5.74, 6) is 0.595. The van der Waals surface area contributed by atoms with Crippen LogP contribution in [0.1, 0.15) is 29.2 Å². The van der Waals surface area contributed by atoms with Gasteiger partial charge >= 0.3 is 0 Å². The Morgan fingerprint density at radius 2 is 1.92 bits per heavy atom. The van der Waals surface area contributed by atoms with E-state index in [4.69, 9.17) is 17.4 Å². The first-order valence-electron chi connectivity index (χ1n) is 12.1. The topological polar surface area (TPSA) is 136 Å². The van der Waals surface area contributed by atoms with Gasteiger partial charge in [-0.3, -0.25) is 9.59 Å². The van der Waals surface area contributed by atoms with Crippen LogP contribution in [0.4, 0.5) is 17.3 Å². The summed E-state index contributed by atoms with van der Waals surface area (Å²) in [6.07, 6.45) is 6.07. The maximum atomic E-state index is 12.8. The molecule has 188 valence electrons. The van der Waals surface area contributed by atoms with Gasteiger partial charge < -0.3 is 16.0 Å². The highest BCUT2D eigenvalue weighted by Crippen LogP contribution is 2.46. The zero-order valence-electron chi connectivity index (χ0n) is 20.3. The first kappa shape index (κ1) is 23.3. The third kappa shape index (κ3) is 3.83. The Balaban J connectivity index is 1.32. The number of aromatic nitrogens is 5. The number of fused-ring (bicyclic) bond motifs is 3. The molecule has 1 aliphatic carbocycles. The molecule has 2 fully saturated rings. The molecule has 11 heteroatoms. The second-order valence-corrected chi connectivity index (χ2v) is 9.46. The zero-order valence-corrected chi connectivity index (χ0v) is 20.3. The van der Waals surface area contributed by atoms with Crippen LogP contribution in [0.25, 0.3) is 27.1 Å². The predicted octanol–water partition coefficient (Wildman–Crippen LogP) is 3.62. The van der Waals surface area contributed by atoms with Gasteiger partial charge in [0, 0.05) is 23.9 Å². The standard InChI is InChI=1S/C27H23N9O2/c1-3-22(37)35-13-15-10-19(35)20(11-15)36-26-23(25(28)31-14-32-26)24(34-36)16-4-6-17(7-5-16)27(38)33-21-12-18(29-2)8-9-30-21/h3-9,12,14-15,19-20H,1,10-11,13H2,(H2,28,31,32)(H,30,33,38). The molecule has 3 atom stereocenters. The van der Waals surface area contributed by atoms with Crippen molar-refractivity contribution >= 4 is 40.2 Å². The Kier molecular flexibility index (Phi) is 5.57. The maximum absolute atomic E-state index is 12.8. The molecule has 3 N–H and O–H groups in total. The smallest absolute Gasteiger partial charge is 0.256 e. The largest absolute Gasteiger partial charge is 0.383 e. The van der Waals surface area contributed by atoms with Crippen LogP contribution in [-0.2, 0) is 4.79 Å². The Hall–Kier alpha value is -5.11. The summed E-state index contributed by atoms with van der Waals surface area (Å²) in [4.78, 5) is 43.2. The number of likely N-dealkylation sites (tertiary alicyclic amines) is 1.